The van der Waals surface area contributed by atoms with Crippen molar-refractivity contribution in [2.24, 2.45) is 0 Å². The van der Waals surface area contributed by atoms with Gasteiger partial charge in [0.1, 0.15) is 0 Å². The van der Waals surface area contributed by atoms with Crippen LogP contribution in [0.25, 0.3) is 0 Å². The highest BCUT2D eigenvalue weighted by molar-refractivity contribution is 8.06. The summed E-state index contributed by atoms with van der Waals surface area (Å²) in [6, 6.07) is 0.707. The molecular formula is C12H24N2O4S2. The minimum atomic E-state index is -3.74. The molecule has 2 unspecified atom stereocenters. The fourth-order valence-corrected chi connectivity index (χ4v) is 7.16. The summed E-state index contributed by atoms with van der Waals surface area (Å²) in [5.74, 6) is 0. The maximum atomic E-state index is 12.4. The molecule has 0 radical (unpaired) electrons. The van der Waals surface area contributed by atoms with Gasteiger partial charge in [-0.1, -0.05) is 6.92 Å². The van der Waals surface area contributed by atoms with Crippen molar-refractivity contribution in [1.82, 2.24) is 9.62 Å². The Balaban J connectivity index is 2.18. The van der Waals surface area contributed by atoms with E-state index in [0.717, 1.165) is 31.9 Å². The van der Waals surface area contributed by atoms with E-state index >= 15 is 0 Å². The number of sulfone groups is 1. The third-order valence-corrected chi connectivity index (χ3v) is 8.12. The lowest BCUT2D eigenvalue weighted by molar-refractivity contribution is 0.227. The van der Waals surface area contributed by atoms with Gasteiger partial charge >= 0.3 is 0 Å². The summed E-state index contributed by atoms with van der Waals surface area (Å²) in [5, 5.41) is 2.70. The van der Waals surface area contributed by atoms with Gasteiger partial charge in [-0.25, -0.2) is 16.8 Å². The average molecular weight is 324 g/mol. The molecule has 2 rings (SSSR count). The lowest BCUT2D eigenvalue weighted by Crippen LogP contribution is -2.51. The maximum absolute atomic E-state index is 12.4. The van der Waals surface area contributed by atoms with Gasteiger partial charge in [0.25, 0.3) is 0 Å². The van der Waals surface area contributed by atoms with Crippen molar-refractivity contribution in [2.75, 3.05) is 17.9 Å². The van der Waals surface area contributed by atoms with Crippen molar-refractivity contribution in [1.29, 1.82) is 0 Å². The van der Waals surface area contributed by atoms with E-state index in [1.807, 2.05) is 6.92 Å². The smallest absolute Gasteiger partial charge is 0.228 e. The number of nitrogens with zero attached hydrogens (tertiary/aromatic N) is 1. The number of sulfonamides is 1. The first kappa shape index (κ1) is 16.2. The predicted octanol–water partition coefficient (Wildman–Crippen LogP) is 0.313. The highest BCUT2D eigenvalue weighted by Gasteiger charge is 2.40. The molecular weight excluding hydrogens is 300 g/mol. The monoisotopic (exact) mass is 324 g/mol. The van der Waals surface area contributed by atoms with Crippen LogP contribution in [0.4, 0.5) is 0 Å². The van der Waals surface area contributed by atoms with E-state index in [1.165, 1.54) is 4.31 Å². The first-order valence-corrected chi connectivity index (χ1v) is 10.8. The molecule has 2 fully saturated rings. The number of rotatable bonds is 6. The molecule has 0 aromatic heterocycles. The first-order chi connectivity index (χ1) is 9.21. The molecule has 2 atom stereocenters. The van der Waals surface area contributed by atoms with Crippen LogP contribution in [0.2, 0.25) is 0 Å². The van der Waals surface area contributed by atoms with Crippen LogP contribution < -0.4 is 5.32 Å². The van der Waals surface area contributed by atoms with Crippen LogP contribution in [-0.2, 0) is 19.9 Å². The average Bonchev–Trinajstić information content (AvgIpc) is 2.62. The van der Waals surface area contributed by atoms with Crippen LogP contribution in [0.15, 0.2) is 0 Å². The lowest BCUT2D eigenvalue weighted by Gasteiger charge is -2.36. The molecule has 2 aliphatic heterocycles. The van der Waals surface area contributed by atoms with Gasteiger partial charge in [-0.3, -0.25) is 0 Å². The number of hydrogen-bond acceptors (Lipinski definition) is 5. The molecule has 2 bridgehead atoms. The van der Waals surface area contributed by atoms with Crippen LogP contribution in [0.1, 0.15) is 39.0 Å². The third-order valence-electron chi connectivity index (χ3n) is 4.02. The molecule has 2 saturated heterocycles. The van der Waals surface area contributed by atoms with E-state index in [9.17, 15) is 16.8 Å². The number of nitrogens with one attached hydrogen (secondary N) is 1. The summed E-state index contributed by atoms with van der Waals surface area (Å²) in [4.78, 5) is 0. The Morgan fingerprint density at radius 1 is 1.10 bits per heavy atom. The molecule has 6 nitrogen and oxygen atoms in total. The van der Waals surface area contributed by atoms with Gasteiger partial charge < -0.3 is 5.32 Å². The second kappa shape index (κ2) is 5.90. The molecule has 0 aliphatic carbocycles. The lowest BCUT2D eigenvalue weighted by atomic mass is 10.00. The van der Waals surface area contributed by atoms with Gasteiger partial charge in [-0.05, 0) is 32.1 Å². The van der Waals surface area contributed by atoms with Crippen molar-refractivity contribution in [3.63, 3.8) is 0 Å². The van der Waals surface area contributed by atoms with E-state index in [2.05, 4.69) is 5.32 Å². The summed E-state index contributed by atoms with van der Waals surface area (Å²) >= 11 is 0. The maximum Gasteiger partial charge on any atom is 0.228 e. The van der Waals surface area contributed by atoms with E-state index in [-0.39, 0.29) is 6.04 Å². The minimum absolute atomic E-state index is 0.0551. The summed E-state index contributed by atoms with van der Waals surface area (Å²) < 4.78 is 49.0. The molecule has 2 aliphatic rings. The van der Waals surface area contributed by atoms with Gasteiger partial charge in [0.2, 0.25) is 10.0 Å². The molecule has 0 aromatic carbocycles. The highest BCUT2D eigenvalue weighted by Crippen LogP contribution is 2.31. The minimum Gasteiger partial charge on any atom is -0.311 e. The van der Waals surface area contributed by atoms with Gasteiger partial charge in [-0.2, -0.15) is 4.31 Å². The Hall–Kier alpha value is -0.180. The second-order valence-corrected chi connectivity index (χ2v) is 10.5. The molecule has 20 heavy (non-hydrogen) atoms. The fourth-order valence-electron chi connectivity index (χ4n) is 3.37. The Kier molecular flexibility index (Phi) is 4.78. The predicted molar refractivity (Wildman–Crippen MR) is 78.6 cm³/mol. The largest absolute Gasteiger partial charge is 0.311 e. The number of fused-ring (bicyclic) bond motifs is 2. The van der Waals surface area contributed by atoms with Crippen LogP contribution in [0.3, 0.4) is 0 Å². The van der Waals surface area contributed by atoms with Crippen LogP contribution in [-0.4, -0.2) is 57.2 Å². The molecule has 0 aromatic rings. The molecule has 0 saturated carbocycles. The molecule has 0 spiro atoms. The van der Waals surface area contributed by atoms with E-state index < -0.39 is 24.9 Å². The Morgan fingerprint density at radius 2 is 1.65 bits per heavy atom. The molecule has 118 valence electrons. The van der Waals surface area contributed by atoms with Crippen molar-refractivity contribution in [3.8, 4) is 0 Å². The van der Waals surface area contributed by atoms with Gasteiger partial charge in [0, 0.05) is 30.9 Å². The van der Waals surface area contributed by atoms with Crippen LogP contribution >= 0.6 is 0 Å². The normalized spacial score (nSPS) is 30.9. The van der Waals surface area contributed by atoms with Gasteiger partial charge in [0.05, 0.1) is 0 Å². The summed E-state index contributed by atoms with van der Waals surface area (Å²) in [6.45, 7) is 2.32. The summed E-state index contributed by atoms with van der Waals surface area (Å²) in [7, 11) is -7.28. The zero-order chi connectivity index (χ0) is 15.0. The van der Waals surface area contributed by atoms with Crippen molar-refractivity contribution in [3.05, 3.63) is 0 Å². The zero-order valence-corrected chi connectivity index (χ0v) is 13.7. The Morgan fingerprint density at radius 3 is 2.10 bits per heavy atom. The number of hydrogen-bond donors (Lipinski definition) is 1. The van der Waals surface area contributed by atoms with Crippen molar-refractivity contribution in [2.45, 2.75) is 57.2 Å². The summed E-state index contributed by atoms with van der Waals surface area (Å²) in [5.41, 5.74) is 0. The zero-order valence-electron chi connectivity index (χ0n) is 12.1. The molecule has 0 amide bonds. The number of piperidine rings is 1. The molecule has 2 heterocycles. The van der Waals surface area contributed by atoms with E-state index in [4.69, 9.17) is 0 Å². The topological polar surface area (TPSA) is 83.6 Å². The second-order valence-electron chi connectivity index (χ2n) is 6.03. The third kappa shape index (κ3) is 3.93. The van der Waals surface area contributed by atoms with E-state index in [0.29, 0.717) is 25.0 Å². The molecule has 1 N–H and O–H groups in total. The fraction of sp³-hybridized carbons (Fsp3) is 1.00. The van der Waals surface area contributed by atoms with Gasteiger partial charge in [-0.15, -0.1) is 0 Å². The SMILES string of the molecule is CCCN(C1CC2CCC(C1)N2)S(=O)(=O)CS(C)(=O)=O. The summed E-state index contributed by atoms with van der Waals surface area (Å²) in [6.07, 6.45) is 5.43. The molecule has 8 heteroatoms. The van der Waals surface area contributed by atoms with Crippen molar-refractivity contribution < 1.29 is 16.8 Å². The standard InChI is InChI=1S/C12H24N2O4S2/c1-3-6-14(20(17,18)9-19(2,15)16)12-7-10-4-5-11(8-12)13-10/h10-13H,3-9H2,1-2H3. The van der Waals surface area contributed by atoms with E-state index in [1.54, 1.807) is 0 Å². The van der Waals surface area contributed by atoms with Crippen LogP contribution in [0.5, 0.6) is 0 Å². The Bertz CT molecular complexity index is 532. The first-order valence-electron chi connectivity index (χ1n) is 7.14. The van der Waals surface area contributed by atoms with Gasteiger partial charge in [0.15, 0.2) is 14.9 Å². The van der Waals surface area contributed by atoms with Crippen molar-refractivity contribution >= 4 is 19.9 Å². The quantitative estimate of drug-likeness (QED) is 0.760. The highest BCUT2D eigenvalue weighted by atomic mass is 32.3. The Labute approximate surface area is 121 Å². The van der Waals surface area contributed by atoms with Crippen LogP contribution in [0, 0.1) is 0 Å².